The van der Waals surface area contributed by atoms with E-state index >= 15 is 0 Å². The van der Waals surface area contributed by atoms with Gasteiger partial charge in [-0.2, -0.15) is 0 Å². The summed E-state index contributed by atoms with van der Waals surface area (Å²) >= 11 is 0. The van der Waals surface area contributed by atoms with Crippen LogP contribution in [0.1, 0.15) is 50.5 Å². The molecule has 25 heavy (non-hydrogen) atoms. The summed E-state index contributed by atoms with van der Waals surface area (Å²) in [6.45, 7) is 8.90. The number of hydrogen-bond donors (Lipinski definition) is 4. The van der Waals surface area contributed by atoms with Gasteiger partial charge in [0, 0.05) is 5.56 Å². The average Bonchev–Trinajstić information content (AvgIpc) is 2.50. The zero-order valence-corrected chi connectivity index (χ0v) is 15.2. The number of aliphatic carboxylic acids is 1. The highest BCUT2D eigenvalue weighted by molar-refractivity contribution is 5.98. The van der Waals surface area contributed by atoms with Gasteiger partial charge in [0.2, 0.25) is 5.91 Å². The third-order valence-electron chi connectivity index (χ3n) is 3.80. The Hall–Kier alpha value is -2.41. The van der Waals surface area contributed by atoms with Crippen molar-refractivity contribution in [2.24, 2.45) is 0 Å². The van der Waals surface area contributed by atoms with Crippen molar-refractivity contribution >= 4 is 17.8 Å². The van der Waals surface area contributed by atoms with Crippen LogP contribution in [0.25, 0.3) is 0 Å². The highest BCUT2D eigenvalue weighted by Crippen LogP contribution is 2.22. The third kappa shape index (κ3) is 5.86. The van der Waals surface area contributed by atoms with Crippen molar-refractivity contribution < 1.29 is 24.6 Å². The van der Waals surface area contributed by atoms with Crippen LogP contribution in [0, 0.1) is 0 Å². The number of aliphatic hydroxyl groups excluding tert-OH is 1. The van der Waals surface area contributed by atoms with Gasteiger partial charge in [-0.15, -0.1) is 0 Å². The van der Waals surface area contributed by atoms with Crippen LogP contribution in [0.3, 0.4) is 0 Å². The molecule has 0 saturated heterocycles. The second kappa shape index (κ2) is 8.11. The molecule has 0 aliphatic rings. The average molecular weight is 350 g/mol. The molecular formula is C18H26N2O5. The lowest BCUT2D eigenvalue weighted by atomic mass is 9.86. The zero-order valence-electron chi connectivity index (χ0n) is 15.2. The van der Waals surface area contributed by atoms with Gasteiger partial charge in [-0.25, -0.2) is 4.79 Å². The highest BCUT2D eigenvalue weighted by Gasteiger charge is 2.27. The molecule has 0 radical (unpaired) electrons. The monoisotopic (exact) mass is 350 g/mol. The van der Waals surface area contributed by atoms with Crippen molar-refractivity contribution in [1.82, 2.24) is 10.6 Å². The minimum atomic E-state index is -1.43. The number of nitrogens with one attached hydrogen (secondary N) is 2. The molecule has 7 heteroatoms. The van der Waals surface area contributed by atoms with Gasteiger partial charge in [0.05, 0.1) is 6.10 Å². The van der Waals surface area contributed by atoms with Gasteiger partial charge >= 0.3 is 5.97 Å². The largest absolute Gasteiger partial charge is 0.480 e. The topological polar surface area (TPSA) is 116 Å². The van der Waals surface area contributed by atoms with Crippen molar-refractivity contribution in [3.8, 4) is 0 Å². The minimum Gasteiger partial charge on any atom is -0.480 e. The number of carbonyl (C=O) groups excluding carboxylic acids is 2. The Labute approximate surface area is 147 Å². The molecule has 3 atom stereocenters. The second-order valence-corrected chi connectivity index (χ2v) is 7.09. The predicted molar refractivity (Wildman–Crippen MR) is 93.3 cm³/mol. The van der Waals surface area contributed by atoms with Crippen molar-refractivity contribution in [2.75, 3.05) is 0 Å². The first-order chi connectivity index (χ1) is 11.4. The fourth-order valence-corrected chi connectivity index (χ4v) is 2.13. The molecule has 1 aromatic carbocycles. The molecule has 2 amide bonds. The number of hydrogen-bond acceptors (Lipinski definition) is 4. The van der Waals surface area contributed by atoms with E-state index in [9.17, 15) is 19.5 Å². The first-order valence-corrected chi connectivity index (χ1v) is 8.06. The van der Waals surface area contributed by atoms with E-state index in [0.29, 0.717) is 5.56 Å². The van der Waals surface area contributed by atoms with Crippen LogP contribution in [0.2, 0.25) is 0 Å². The van der Waals surface area contributed by atoms with Crippen LogP contribution < -0.4 is 10.6 Å². The number of carbonyl (C=O) groups is 3. The number of benzene rings is 1. The maximum Gasteiger partial charge on any atom is 0.328 e. The van der Waals surface area contributed by atoms with E-state index in [-0.39, 0.29) is 5.41 Å². The maximum atomic E-state index is 12.2. The van der Waals surface area contributed by atoms with E-state index in [0.717, 1.165) is 5.56 Å². The van der Waals surface area contributed by atoms with E-state index < -0.39 is 36.0 Å². The lowest BCUT2D eigenvalue weighted by Gasteiger charge is -2.21. The van der Waals surface area contributed by atoms with Gasteiger partial charge in [0.1, 0.15) is 6.04 Å². The molecule has 0 aliphatic carbocycles. The van der Waals surface area contributed by atoms with Gasteiger partial charge < -0.3 is 20.8 Å². The summed E-state index contributed by atoms with van der Waals surface area (Å²) < 4.78 is 0. The Bertz CT molecular complexity index is 632. The fourth-order valence-electron chi connectivity index (χ4n) is 2.13. The summed E-state index contributed by atoms with van der Waals surface area (Å²) in [5.74, 6) is -2.47. The van der Waals surface area contributed by atoms with E-state index in [4.69, 9.17) is 5.11 Å². The lowest BCUT2D eigenvalue weighted by Crippen LogP contribution is -2.53. The molecule has 3 unspecified atom stereocenters. The summed E-state index contributed by atoms with van der Waals surface area (Å²) in [5, 5.41) is 23.1. The fraction of sp³-hybridized carbons (Fsp3) is 0.500. The van der Waals surface area contributed by atoms with E-state index in [1.54, 1.807) is 12.1 Å². The van der Waals surface area contributed by atoms with Crippen molar-refractivity contribution in [2.45, 2.75) is 58.2 Å². The molecule has 1 aromatic rings. The number of carboxylic acids is 1. The van der Waals surface area contributed by atoms with Gasteiger partial charge in [-0.3, -0.25) is 9.59 Å². The molecule has 0 saturated carbocycles. The number of aliphatic hydroxyl groups is 1. The SMILES string of the molecule is CC(NC(=O)c1ccc(C(C)(C)C)cc1)C(=O)NC(C(=O)O)C(C)O. The molecular weight excluding hydrogens is 324 g/mol. The molecule has 0 fully saturated rings. The third-order valence-corrected chi connectivity index (χ3v) is 3.80. The molecule has 0 heterocycles. The van der Waals surface area contributed by atoms with E-state index in [2.05, 4.69) is 31.4 Å². The van der Waals surface area contributed by atoms with Crippen LogP contribution in [0.5, 0.6) is 0 Å². The van der Waals surface area contributed by atoms with Gasteiger partial charge in [0.15, 0.2) is 6.04 Å². The Balaban J connectivity index is 2.72. The predicted octanol–water partition coefficient (Wildman–Crippen LogP) is 1.05. The smallest absolute Gasteiger partial charge is 0.328 e. The molecule has 0 aromatic heterocycles. The Morgan fingerprint density at radius 2 is 1.52 bits per heavy atom. The van der Waals surface area contributed by atoms with E-state index in [1.807, 2.05) is 12.1 Å². The Morgan fingerprint density at radius 3 is 1.92 bits per heavy atom. The molecule has 4 N–H and O–H groups in total. The van der Waals surface area contributed by atoms with Crippen LogP contribution in [0.15, 0.2) is 24.3 Å². The van der Waals surface area contributed by atoms with Crippen molar-refractivity contribution in [1.29, 1.82) is 0 Å². The van der Waals surface area contributed by atoms with Crippen LogP contribution >= 0.6 is 0 Å². The van der Waals surface area contributed by atoms with E-state index in [1.165, 1.54) is 13.8 Å². The van der Waals surface area contributed by atoms with Crippen molar-refractivity contribution in [3.63, 3.8) is 0 Å². The van der Waals surface area contributed by atoms with Gasteiger partial charge in [-0.1, -0.05) is 32.9 Å². The summed E-state index contributed by atoms with van der Waals surface area (Å²) in [6.07, 6.45) is -1.26. The van der Waals surface area contributed by atoms with Crippen molar-refractivity contribution in [3.05, 3.63) is 35.4 Å². The first kappa shape index (κ1) is 20.6. The maximum absolute atomic E-state index is 12.2. The molecule has 0 aliphatic heterocycles. The summed E-state index contributed by atoms with van der Waals surface area (Å²) in [7, 11) is 0. The normalized spacial score (nSPS) is 15.0. The van der Waals surface area contributed by atoms with Crippen LogP contribution in [-0.2, 0) is 15.0 Å². The molecule has 1 rings (SSSR count). The van der Waals surface area contributed by atoms with Crippen LogP contribution in [0.4, 0.5) is 0 Å². The molecule has 0 bridgehead atoms. The minimum absolute atomic E-state index is 0.0327. The standard InChI is InChI=1S/C18H26N2O5/c1-10(15(22)20-14(11(2)21)17(24)25)19-16(23)12-6-8-13(9-7-12)18(3,4)5/h6-11,14,21H,1-5H3,(H,19,23)(H,20,22)(H,24,25). The Morgan fingerprint density at radius 1 is 1.00 bits per heavy atom. The first-order valence-electron chi connectivity index (χ1n) is 8.06. The number of amides is 2. The summed E-state index contributed by atoms with van der Waals surface area (Å²) in [4.78, 5) is 35.2. The second-order valence-electron chi connectivity index (χ2n) is 7.09. The highest BCUT2D eigenvalue weighted by atomic mass is 16.4. The number of rotatable bonds is 6. The zero-order chi connectivity index (χ0) is 19.4. The van der Waals surface area contributed by atoms with Gasteiger partial charge in [0.25, 0.3) is 5.91 Å². The number of carboxylic acid groups (broad SMARTS) is 1. The molecule has 7 nitrogen and oxygen atoms in total. The van der Waals surface area contributed by atoms with Gasteiger partial charge in [-0.05, 0) is 37.0 Å². The Kier molecular flexibility index (Phi) is 6.70. The summed E-state index contributed by atoms with van der Waals surface area (Å²) in [5.41, 5.74) is 1.45. The molecule has 138 valence electrons. The summed E-state index contributed by atoms with van der Waals surface area (Å²) in [6, 6.07) is 4.68. The lowest BCUT2D eigenvalue weighted by molar-refractivity contribution is -0.145. The quantitative estimate of drug-likeness (QED) is 0.612. The van der Waals surface area contributed by atoms with Crippen LogP contribution in [-0.4, -0.2) is 46.2 Å². The molecule has 0 spiro atoms.